The van der Waals surface area contributed by atoms with Crippen LogP contribution in [0.1, 0.15) is 24.0 Å². The molecule has 0 radical (unpaired) electrons. The fourth-order valence-corrected chi connectivity index (χ4v) is 3.61. The lowest BCUT2D eigenvalue weighted by molar-refractivity contribution is 0.385. The number of hydrogen-bond donors (Lipinski definition) is 0. The summed E-state index contributed by atoms with van der Waals surface area (Å²) in [5, 5.41) is 8.19. The standard InChI is InChI=1S/C12H17N5O3S/c1-4-21(18,19)17-6-5-10-9(7-17)11(14-16(10)3)12-13-8(2)15-20-12/h4-7H2,1-3H3. The van der Waals surface area contributed by atoms with E-state index in [2.05, 4.69) is 15.2 Å². The lowest BCUT2D eigenvalue weighted by Crippen LogP contribution is -2.37. The summed E-state index contributed by atoms with van der Waals surface area (Å²) in [5.74, 6) is 0.954. The van der Waals surface area contributed by atoms with E-state index in [0.717, 1.165) is 11.3 Å². The first-order valence-corrected chi connectivity index (χ1v) is 8.36. The molecule has 114 valence electrons. The van der Waals surface area contributed by atoms with E-state index in [0.29, 0.717) is 36.9 Å². The largest absolute Gasteiger partial charge is 0.332 e. The van der Waals surface area contributed by atoms with Crippen LogP contribution in [0.15, 0.2) is 4.52 Å². The van der Waals surface area contributed by atoms with Crippen LogP contribution in [0, 0.1) is 6.92 Å². The van der Waals surface area contributed by atoms with E-state index in [1.807, 2.05) is 7.05 Å². The Kier molecular flexibility index (Phi) is 3.33. The average Bonchev–Trinajstić information content (AvgIpc) is 3.03. The Morgan fingerprint density at radius 3 is 2.76 bits per heavy atom. The molecule has 0 aromatic carbocycles. The van der Waals surface area contributed by atoms with Crippen molar-refractivity contribution < 1.29 is 12.9 Å². The van der Waals surface area contributed by atoms with Gasteiger partial charge in [-0.2, -0.15) is 14.4 Å². The van der Waals surface area contributed by atoms with Gasteiger partial charge in [-0.15, -0.1) is 0 Å². The van der Waals surface area contributed by atoms with Crippen molar-refractivity contribution in [2.24, 2.45) is 7.05 Å². The first-order valence-electron chi connectivity index (χ1n) is 6.75. The van der Waals surface area contributed by atoms with Gasteiger partial charge in [0.2, 0.25) is 10.0 Å². The van der Waals surface area contributed by atoms with Crippen LogP contribution in [0.4, 0.5) is 0 Å². The molecule has 0 unspecified atom stereocenters. The number of fused-ring (bicyclic) bond motifs is 1. The van der Waals surface area contributed by atoms with Gasteiger partial charge in [0.25, 0.3) is 5.89 Å². The fraction of sp³-hybridized carbons (Fsp3) is 0.583. The summed E-state index contributed by atoms with van der Waals surface area (Å²) in [6.45, 7) is 4.16. The van der Waals surface area contributed by atoms with Crippen molar-refractivity contribution in [2.45, 2.75) is 26.8 Å². The van der Waals surface area contributed by atoms with E-state index >= 15 is 0 Å². The summed E-state index contributed by atoms with van der Waals surface area (Å²) in [7, 11) is -1.38. The summed E-state index contributed by atoms with van der Waals surface area (Å²) in [6.07, 6.45) is 0.630. The lowest BCUT2D eigenvalue weighted by atomic mass is 10.1. The van der Waals surface area contributed by atoms with E-state index in [9.17, 15) is 8.42 Å². The summed E-state index contributed by atoms with van der Waals surface area (Å²) in [4.78, 5) is 4.19. The second kappa shape index (κ2) is 4.92. The van der Waals surface area contributed by atoms with Crippen molar-refractivity contribution in [1.82, 2.24) is 24.2 Å². The molecule has 0 amide bonds. The first kappa shape index (κ1) is 14.2. The highest BCUT2D eigenvalue weighted by Gasteiger charge is 2.31. The van der Waals surface area contributed by atoms with E-state index in [-0.39, 0.29) is 5.75 Å². The third-order valence-corrected chi connectivity index (χ3v) is 5.52. The summed E-state index contributed by atoms with van der Waals surface area (Å²) >= 11 is 0. The third-order valence-electron chi connectivity index (χ3n) is 3.70. The van der Waals surface area contributed by atoms with Crippen molar-refractivity contribution in [3.63, 3.8) is 0 Å². The predicted molar refractivity (Wildman–Crippen MR) is 74.8 cm³/mol. The molecule has 0 fully saturated rings. The van der Waals surface area contributed by atoms with Crippen LogP contribution in [0.2, 0.25) is 0 Å². The lowest BCUT2D eigenvalue weighted by Gasteiger charge is -2.26. The fourth-order valence-electron chi connectivity index (χ4n) is 2.55. The van der Waals surface area contributed by atoms with Gasteiger partial charge in [-0.1, -0.05) is 5.16 Å². The van der Waals surface area contributed by atoms with Gasteiger partial charge in [-0.3, -0.25) is 4.68 Å². The molecule has 1 aliphatic heterocycles. The summed E-state index contributed by atoms with van der Waals surface area (Å²) in [6, 6.07) is 0. The molecule has 0 atom stereocenters. The van der Waals surface area contributed by atoms with E-state index in [1.165, 1.54) is 4.31 Å². The highest BCUT2D eigenvalue weighted by atomic mass is 32.2. The minimum absolute atomic E-state index is 0.0948. The van der Waals surface area contributed by atoms with Crippen LogP contribution < -0.4 is 0 Å². The van der Waals surface area contributed by atoms with Gasteiger partial charge in [0.1, 0.15) is 0 Å². The number of rotatable bonds is 3. The second-order valence-corrected chi connectivity index (χ2v) is 7.29. The van der Waals surface area contributed by atoms with Crippen molar-refractivity contribution in [1.29, 1.82) is 0 Å². The Bertz CT molecular complexity index is 777. The van der Waals surface area contributed by atoms with Crippen molar-refractivity contribution in [2.75, 3.05) is 12.3 Å². The van der Waals surface area contributed by atoms with Crippen LogP contribution >= 0.6 is 0 Å². The van der Waals surface area contributed by atoms with E-state index in [4.69, 9.17) is 4.52 Å². The third kappa shape index (κ3) is 2.36. The van der Waals surface area contributed by atoms with Gasteiger partial charge in [0, 0.05) is 37.8 Å². The Morgan fingerprint density at radius 1 is 1.38 bits per heavy atom. The molecule has 1 aliphatic rings. The Balaban J connectivity index is 2.04. The van der Waals surface area contributed by atoms with Crippen LogP contribution in [-0.2, 0) is 30.0 Å². The van der Waals surface area contributed by atoms with Gasteiger partial charge in [0.05, 0.1) is 5.75 Å². The van der Waals surface area contributed by atoms with Gasteiger partial charge >= 0.3 is 0 Å². The second-order valence-electron chi connectivity index (χ2n) is 5.03. The van der Waals surface area contributed by atoms with E-state index < -0.39 is 10.0 Å². The highest BCUT2D eigenvalue weighted by Crippen LogP contribution is 2.29. The molecule has 2 aromatic rings. The number of sulfonamides is 1. The maximum atomic E-state index is 12.1. The normalized spacial score (nSPS) is 16.1. The maximum Gasteiger partial charge on any atom is 0.278 e. The van der Waals surface area contributed by atoms with Gasteiger partial charge in [-0.05, 0) is 13.8 Å². The molecule has 3 rings (SSSR count). The molecule has 9 heteroatoms. The summed E-state index contributed by atoms with van der Waals surface area (Å²) in [5.41, 5.74) is 2.44. The van der Waals surface area contributed by atoms with Crippen molar-refractivity contribution >= 4 is 10.0 Å². The van der Waals surface area contributed by atoms with Crippen LogP contribution in [0.5, 0.6) is 0 Å². The minimum Gasteiger partial charge on any atom is -0.332 e. The molecule has 21 heavy (non-hydrogen) atoms. The zero-order valence-corrected chi connectivity index (χ0v) is 13.0. The molecule has 0 bridgehead atoms. The highest BCUT2D eigenvalue weighted by molar-refractivity contribution is 7.89. The van der Waals surface area contributed by atoms with Crippen molar-refractivity contribution in [3.8, 4) is 11.6 Å². The molecule has 3 heterocycles. The quantitative estimate of drug-likeness (QED) is 0.818. The SMILES string of the molecule is CCS(=O)(=O)N1CCc2c(c(-c3nc(C)no3)nn2C)C1. The molecule has 0 saturated heterocycles. The Morgan fingerprint density at radius 2 is 2.14 bits per heavy atom. The molecule has 0 N–H and O–H groups in total. The number of nitrogens with zero attached hydrogens (tertiary/aromatic N) is 5. The average molecular weight is 311 g/mol. The first-order chi connectivity index (χ1) is 9.92. The molecular weight excluding hydrogens is 294 g/mol. The predicted octanol–water partition coefficient (Wildman–Crippen LogP) is 0.486. The topological polar surface area (TPSA) is 94.1 Å². The molecular formula is C12H17N5O3S. The molecule has 2 aromatic heterocycles. The van der Waals surface area contributed by atoms with Gasteiger partial charge < -0.3 is 4.52 Å². The molecule has 0 aliphatic carbocycles. The smallest absolute Gasteiger partial charge is 0.278 e. The Hall–Kier alpha value is -1.74. The van der Waals surface area contributed by atoms with Crippen molar-refractivity contribution in [3.05, 3.63) is 17.1 Å². The summed E-state index contributed by atoms with van der Waals surface area (Å²) < 4.78 is 32.6. The Labute approximate surface area is 122 Å². The molecule has 0 spiro atoms. The number of aromatic nitrogens is 4. The van der Waals surface area contributed by atoms with E-state index in [1.54, 1.807) is 18.5 Å². The minimum atomic E-state index is -3.22. The van der Waals surface area contributed by atoms with Crippen LogP contribution in [-0.4, -0.2) is 44.9 Å². The van der Waals surface area contributed by atoms with Gasteiger partial charge in [-0.25, -0.2) is 8.42 Å². The number of hydrogen-bond acceptors (Lipinski definition) is 6. The van der Waals surface area contributed by atoms with Crippen LogP contribution in [0.25, 0.3) is 11.6 Å². The zero-order chi connectivity index (χ0) is 15.2. The maximum absolute atomic E-state index is 12.1. The number of aryl methyl sites for hydroxylation is 2. The zero-order valence-electron chi connectivity index (χ0n) is 12.2. The van der Waals surface area contributed by atoms with Crippen LogP contribution in [0.3, 0.4) is 0 Å². The van der Waals surface area contributed by atoms with Gasteiger partial charge in [0.15, 0.2) is 11.5 Å². The molecule has 8 nitrogen and oxygen atoms in total. The molecule has 0 saturated carbocycles. The monoisotopic (exact) mass is 311 g/mol.